The molecular weight excluding hydrogens is 280 g/mol. The predicted octanol–water partition coefficient (Wildman–Crippen LogP) is 3.25. The number of nitro benzene ring substituents is 1. The summed E-state index contributed by atoms with van der Waals surface area (Å²) in [6.45, 7) is 2.82. The van der Waals surface area contributed by atoms with E-state index in [1.54, 1.807) is 12.1 Å². The van der Waals surface area contributed by atoms with Gasteiger partial charge in [-0.05, 0) is 24.1 Å². The van der Waals surface area contributed by atoms with Crippen LogP contribution in [0.4, 0.5) is 5.69 Å². The van der Waals surface area contributed by atoms with E-state index in [1.165, 1.54) is 17.7 Å². The minimum Gasteiger partial charge on any atom is -0.489 e. The maximum Gasteiger partial charge on any atom is 0.269 e. The van der Waals surface area contributed by atoms with Crippen molar-refractivity contribution in [2.24, 2.45) is 0 Å². The van der Waals surface area contributed by atoms with E-state index in [-0.39, 0.29) is 11.8 Å². The van der Waals surface area contributed by atoms with E-state index in [1.807, 2.05) is 6.07 Å². The Morgan fingerprint density at radius 2 is 1.86 bits per heavy atom. The lowest BCUT2D eigenvalue weighted by molar-refractivity contribution is -0.384. The molecule has 22 heavy (non-hydrogen) atoms. The lowest BCUT2D eigenvalue weighted by Gasteiger charge is -2.17. The van der Waals surface area contributed by atoms with E-state index in [9.17, 15) is 10.1 Å². The summed E-state index contributed by atoms with van der Waals surface area (Å²) in [6.07, 6.45) is 1.12. The van der Waals surface area contributed by atoms with Gasteiger partial charge in [-0.15, -0.1) is 0 Å². The Balaban J connectivity index is 1.53. The fourth-order valence-electron chi connectivity index (χ4n) is 2.72. The molecule has 114 valence electrons. The van der Waals surface area contributed by atoms with Gasteiger partial charge in [0.2, 0.25) is 0 Å². The summed E-state index contributed by atoms with van der Waals surface area (Å²) in [7, 11) is 0. The second kappa shape index (κ2) is 6.58. The maximum atomic E-state index is 10.6. The van der Waals surface area contributed by atoms with Gasteiger partial charge < -0.3 is 4.74 Å². The maximum absolute atomic E-state index is 10.6. The highest BCUT2D eigenvalue weighted by atomic mass is 16.6. The molecule has 0 saturated carbocycles. The van der Waals surface area contributed by atoms with Gasteiger partial charge in [-0.25, -0.2) is 0 Å². The van der Waals surface area contributed by atoms with Gasteiger partial charge in [-0.1, -0.05) is 30.3 Å². The van der Waals surface area contributed by atoms with Crippen LogP contribution in [0.15, 0.2) is 54.6 Å². The molecule has 1 atom stereocenters. The van der Waals surface area contributed by atoms with Crippen molar-refractivity contribution in [2.45, 2.75) is 19.1 Å². The van der Waals surface area contributed by atoms with Gasteiger partial charge >= 0.3 is 0 Å². The number of benzene rings is 2. The van der Waals surface area contributed by atoms with Crippen LogP contribution < -0.4 is 4.74 Å². The van der Waals surface area contributed by atoms with Gasteiger partial charge in [0, 0.05) is 31.8 Å². The number of nitro groups is 1. The Hall–Kier alpha value is -2.40. The first-order valence-electron chi connectivity index (χ1n) is 7.38. The van der Waals surface area contributed by atoms with Crippen molar-refractivity contribution in [3.8, 4) is 5.75 Å². The first-order chi connectivity index (χ1) is 10.7. The van der Waals surface area contributed by atoms with Gasteiger partial charge in [0.1, 0.15) is 11.9 Å². The first-order valence-corrected chi connectivity index (χ1v) is 7.38. The molecule has 1 aliphatic heterocycles. The first kappa shape index (κ1) is 14.5. The van der Waals surface area contributed by atoms with Crippen molar-refractivity contribution in [2.75, 3.05) is 13.1 Å². The number of nitrogens with zero attached hydrogens (tertiary/aromatic N) is 2. The number of non-ortho nitro benzene ring substituents is 1. The van der Waals surface area contributed by atoms with Crippen LogP contribution in [-0.4, -0.2) is 29.0 Å². The molecule has 5 heteroatoms. The third-order valence-electron chi connectivity index (χ3n) is 3.83. The van der Waals surface area contributed by atoms with E-state index >= 15 is 0 Å². The summed E-state index contributed by atoms with van der Waals surface area (Å²) in [5.41, 5.74) is 1.39. The lowest BCUT2D eigenvalue weighted by Crippen LogP contribution is -2.24. The molecule has 0 N–H and O–H groups in total. The Morgan fingerprint density at radius 3 is 2.55 bits per heavy atom. The lowest BCUT2D eigenvalue weighted by atomic mass is 10.2. The van der Waals surface area contributed by atoms with Crippen molar-refractivity contribution in [3.63, 3.8) is 0 Å². The Bertz CT molecular complexity index is 628. The minimum absolute atomic E-state index is 0.0875. The van der Waals surface area contributed by atoms with E-state index in [4.69, 9.17) is 4.74 Å². The third-order valence-corrected chi connectivity index (χ3v) is 3.83. The van der Waals surface area contributed by atoms with Gasteiger partial charge in [-0.2, -0.15) is 0 Å². The van der Waals surface area contributed by atoms with Gasteiger partial charge in [0.15, 0.2) is 0 Å². The second-order valence-corrected chi connectivity index (χ2v) is 5.50. The molecule has 1 fully saturated rings. The zero-order valence-corrected chi connectivity index (χ0v) is 12.2. The summed E-state index contributed by atoms with van der Waals surface area (Å²) < 4.78 is 5.91. The number of hydrogen-bond acceptors (Lipinski definition) is 4. The Kier molecular flexibility index (Phi) is 4.34. The SMILES string of the molecule is O=[N+]([O-])c1ccc(OC2CCN(Cc3ccccc3)C2)cc1. The number of hydrogen-bond donors (Lipinski definition) is 0. The van der Waals surface area contributed by atoms with Crippen LogP contribution in [0, 0.1) is 10.1 Å². The van der Waals surface area contributed by atoms with E-state index in [0.717, 1.165) is 26.1 Å². The molecule has 0 amide bonds. The van der Waals surface area contributed by atoms with Crippen LogP contribution in [0.25, 0.3) is 0 Å². The summed E-state index contributed by atoms with van der Waals surface area (Å²) in [5, 5.41) is 10.6. The van der Waals surface area contributed by atoms with Gasteiger partial charge in [-0.3, -0.25) is 15.0 Å². The summed E-state index contributed by atoms with van der Waals surface area (Å²) >= 11 is 0. The fraction of sp³-hybridized carbons (Fsp3) is 0.294. The summed E-state index contributed by atoms with van der Waals surface area (Å²) in [6, 6.07) is 16.7. The van der Waals surface area contributed by atoms with Crippen molar-refractivity contribution < 1.29 is 9.66 Å². The van der Waals surface area contributed by atoms with Crippen molar-refractivity contribution >= 4 is 5.69 Å². The Labute approximate surface area is 129 Å². The zero-order chi connectivity index (χ0) is 15.4. The molecule has 1 unspecified atom stereocenters. The normalized spacial score (nSPS) is 18.3. The quantitative estimate of drug-likeness (QED) is 0.628. The molecule has 1 saturated heterocycles. The molecule has 1 aliphatic rings. The number of rotatable bonds is 5. The van der Waals surface area contributed by atoms with Crippen molar-refractivity contribution in [1.29, 1.82) is 0 Å². The number of likely N-dealkylation sites (tertiary alicyclic amines) is 1. The fourth-order valence-corrected chi connectivity index (χ4v) is 2.72. The van der Waals surface area contributed by atoms with Crippen LogP contribution in [0.5, 0.6) is 5.75 Å². The topological polar surface area (TPSA) is 55.6 Å². The smallest absolute Gasteiger partial charge is 0.269 e. The molecule has 5 nitrogen and oxygen atoms in total. The highest BCUT2D eigenvalue weighted by Crippen LogP contribution is 2.22. The molecule has 0 radical (unpaired) electrons. The molecule has 0 spiro atoms. The molecule has 0 aromatic heterocycles. The second-order valence-electron chi connectivity index (χ2n) is 5.50. The van der Waals surface area contributed by atoms with E-state index in [2.05, 4.69) is 29.2 Å². The molecule has 2 aromatic carbocycles. The van der Waals surface area contributed by atoms with Crippen molar-refractivity contribution in [3.05, 3.63) is 70.3 Å². The van der Waals surface area contributed by atoms with Crippen molar-refractivity contribution in [1.82, 2.24) is 4.90 Å². The molecule has 2 aromatic rings. The molecule has 0 bridgehead atoms. The van der Waals surface area contributed by atoms with Crippen LogP contribution >= 0.6 is 0 Å². The van der Waals surface area contributed by atoms with Gasteiger partial charge in [0.05, 0.1) is 4.92 Å². The highest BCUT2D eigenvalue weighted by molar-refractivity contribution is 5.36. The average Bonchev–Trinajstić information content (AvgIpc) is 2.96. The van der Waals surface area contributed by atoms with Crippen LogP contribution in [0.3, 0.4) is 0 Å². The third kappa shape index (κ3) is 3.62. The monoisotopic (exact) mass is 298 g/mol. The molecular formula is C17H18N2O3. The number of ether oxygens (including phenoxy) is 1. The van der Waals surface area contributed by atoms with Crippen LogP contribution in [0.2, 0.25) is 0 Å². The van der Waals surface area contributed by atoms with E-state index < -0.39 is 4.92 Å². The summed E-state index contributed by atoms with van der Waals surface area (Å²) in [5.74, 6) is 0.692. The highest BCUT2D eigenvalue weighted by Gasteiger charge is 2.24. The molecule has 0 aliphatic carbocycles. The molecule has 1 heterocycles. The summed E-state index contributed by atoms with van der Waals surface area (Å²) in [4.78, 5) is 12.6. The predicted molar refractivity (Wildman–Crippen MR) is 83.8 cm³/mol. The van der Waals surface area contributed by atoms with E-state index in [0.29, 0.717) is 5.75 Å². The zero-order valence-electron chi connectivity index (χ0n) is 12.2. The average molecular weight is 298 g/mol. The largest absolute Gasteiger partial charge is 0.489 e. The van der Waals surface area contributed by atoms with Crippen LogP contribution in [0.1, 0.15) is 12.0 Å². The molecule has 3 rings (SSSR count). The Morgan fingerprint density at radius 1 is 1.14 bits per heavy atom. The van der Waals surface area contributed by atoms with Gasteiger partial charge in [0.25, 0.3) is 5.69 Å². The standard InChI is InChI=1S/C17H18N2O3/c20-19(21)15-6-8-16(9-7-15)22-17-10-11-18(13-17)12-14-4-2-1-3-5-14/h1-9,17H,10-13H2. The minimum atomic E-state index is -0.402. The van der Waals surface area contributed by atoms with Crippen LogP contribution in [-0.2, 0) is 6.54 Å².